The monoisotopic (exact) mass is 341 g/mol. The molecule has 0 spiro atoms. The summed E-state index contributed by atoms with van der Waals surface area (Å²) in [6, 6.07) is 5.57. The van der Waals surface area contributed by atoms with Gasteiger partial charge in [-0.05, 0) is 24.6 Å². The number of rotatable bonds is 4. The van der Waals surface area contributed by atoms with E-state index in [4.69, 9.17) is 9.84 Å². The first-order chi connectivity index (χ1) is 9.06. The number of thiazole rings is 1. The van der Waals surface area contributed by atoms with Gasteiger partial charge in [-0.2, -0.15) is 0 Å². The molecule has 0 atom stereocenters. The molecule has 4 nitrogen and oxygen atoms in total. The summed E-state index contributed by atoms with van der Waals surface area (Å²) in [5, 5.41) is 9.83. The summed E-state index contributed by atoms with van der Waals surface area (Å²) in [6.07, 6.45) is 0.592. The number of ether oxygens (including phenoxy) is 1. The van der Waals surface area contributed by atoms with Gasteiger partial charge in [-0.15, -0.1) is 11.3 Å². The number of benzene rings is 1. The molecule has 0 amide bonds. The van der Waals surface area contributed by atoms with Gasteiger partial charge < -0.3 is 9.84 Å². The highest BCUT2D eigenvalue weighted by atomic mass is 79.9. The highest BCUT2D eigenvalue weighted by Gasteiger charge is 2.19. The zero-order valence-electron chi connectivity index (χ0n) is 10.4. The molecule has 1 heterocycles. The highest BCUT2D eigenvalue weighted by Crippen LogP contribution is 2.36. The van der Waals surface area contributed by atoms with Gasteiger partial charge in [0.05, 0.1) is 18.4 Å². The Morgan fingerprint density at radius 3 is 2.79 bits per heavy atom. The number of halogens is 1. The third-order valence-corrected chi connectivity index (χ3v) is 4.23. The Morgan fingerprint density at radius 2 is 2.26 bits per heavy atom. The molecule has 0 bridgehead atoms. The van der Waals surface area contributed by atoms with Crippen LogP contribution in [-0.2, 0) is 6.42 Å². The molecule has 0 saturated carbocycles. The molecular formula is C13H12BrNO3S. The Labute approximate surface area is 123 Å². The summed E-state index contributed by atoms with van der Waals surface area (Å²) >= 11 is 4.57. The van der Waals surface area contributed by atoms with Gasteiger partial charge >= 0.3 is 5.97 Å². The number of nitrogens with zero attached hydrogens (tertiary/aromatic N) is 1. The van der Waals surface area contributed by atoms with Gasteiger partial charge in [-0.25, -0.2) is 9.78 Å². The molecule has 0 saturated heterocycles. The minimum Gasteiger partial charge on any atom is -0.496 e. The molecule has 0 aliphatic heterocycles. The van der Waals surface area contributed by atoms with Crippen molar-refractivity contribution in [2.24, 2.45) is 0 Å². The van der Waals surface area contributed by atoms with Gasteiger partial charge in [0.25, 0.3) is 0 Å². The molecule has 0 aliphatic carbocycles. The van der Waals surface area contributed by atoms with Crippen LogP contribution in [0.15, 0.2) is 22.7 Å². The molecule has 1 aromatic heterocycles. The zero-order chi connectivity index (χ0) is 14.0. The van der Waals surface area contributed by atoms with E-state index < -0.39 is 5.97 Å². The van der Waals surface area contributed by atoms with Crippen molar-refractivity contribution in [1.29, 1.82) is 0 Å². The third-order valence-electron chi connectivity index (χ3n) is 2.62. The molecule has 2 aromatic rings. The summed E-state index contributed by atoms with van der Waals surface area (Å²) in [5.74, 6) is -0.258. The molecule has 0 fully saturated rings. The van der Waals surface area contributed by atoms with Crippen molar-refractivity contribution in [2.75, 3.05) is 7.11 Å². The largest absolute Gasteiger partial charge is 0.496 e. The number of carboxylic acid groups (broad SMARTS) is 1. The first-order valence-corrected chi connectivity index (χ1v) is 7.24. The lowest BCUT2D eigenvalue weighted by molar-refractivity contribution is 0.0701. The molecule has 0 radical (unpaired) electrons. The summed E-state index contributed by atoms with van der Waals surface area (Å²) in [4.78, 5) is 15.9. The van der Waals surface area contributed by atoms with Gasteiger partial charge in [0, 0.05) is 4.47 Å². The van der Waals surface area contributed by atoms with E-state index in [1.54, 1.807) is 7.11 Å². The predicted octanol–water partition coefficient (Wildman–Crippen LogP) is 3.84. The second-order valence-electron chi connectivity index (χ2n) is 3.80. The Hall–Kier alpha value is -1.40. The fourth-order valence-electron chi connectivity index (χ4n) is 1.72. The molecule has 6 heteroatoms. The van der Waals surface area contributed by atoms with E-state index in [1.807, 2.05) is 25.1 Å². The van der Waals surface area contributed by atoms with E-state index in [1.165, 1.54) is 11.3 Å². The minimum atomic E-state index is -0.936. The molecule has 1 aromatic carbocycles. The van der Waals surface area contributed by atoms with Crippen LogP contribution >= 0.6 is 27.3 Å². The Bertz CT molecular complexity index is 624. The maximum atomic E-state index is 11.2. The van der Waals surface area contributed by atoms with Crippen molar-refractivity contribution in [1.82, 2.24) is 4.98 Å². The number of carboxylic acids is 1. The molecule has 19 heavy (non-hydrogen) atoms. The topological polar surface area (TPSA) is 59.4 Å². The normalized spacial score (nSPS) is 10.5. The average Bonchev–Trinajstić information content (AvgIpc) is 2.82. The van der Waals surface area contributed by atoms with Crippen LogP contribution in [-0.4, -0.2) is 23.2 Å². The zero-order valence-corrected chi connectivity index (χ0v) is 12.8. The Morgan fingerprint density at radius 1 is 1.53 bits per heavy atom. The van der Waals surface area contributed by atoms with Crippen LogP contribution in [0.25, 0.3) is 10.6 Å². The third kappa shape index (κ3) is 2.79. The second kappa shape index (κ2) is 5.71. The first kappa shape index (κ1) is 14.0. The lowest BCUT2D eigenvalue weighted by Gasteiger charge is -2.05. The van der Waals surface area contributed by atoms with E-state index in [-0.39, 0.29) is 0 Å². The first-order valence-electron chi connectivity index (χ1n) is 5.63. The van der Waals surface area contributed by atoms with E-state index in [2.05, 4.69) is 20.9 Å². The van der Waals surface area contributed by atoms with E-state index in [9.17, 15) is 4.79 Å². The van der Waals surface area contributed by atoms with Crippen LogP contribution in [0.2, 0.25) is 0 Å². The molecular weight excluding hydrogens is 330 g/mol. The molecule has 1 N–H and O–H groups in total. The average molecular weight is 342 g/mol. The number of aryl methyl sites for hydroxylation is 1. The van der Waals surface area contributed by atoms with E-state index in [0.29, 0.717) is 27.7 Å². The van der Waals surface area contributed by atoms with Crippen molar-refractivity contribution < 1.29 is 14.6 Å². The van der Waals surface area contributed by atoms with Crippen molar-refractivity contribution in [3.63, 3.8) is 0 Å². The van der Waals surface area contributed by atoms with Gasteiger partial charge in [-0.3, -0.25) is 0 Å². The number of aromatic nitrogens is 1. The second-order valence-corrected chi connectivity index (χ2v) is 5.71. The van der Waals surface area contributed by atoms with Gasteiger partial charge in [-0.1, -0.05) is 22.9 Å². The predicted molar refractivity (Wildman–Crippen MR) is 78.1 cm³/mol. The summed E-state index contributed by atoms with van der Waals surface area (Å²) < 4.78 is 6.19. The van der Waals surface area contributed by atoms with Gasteiger partial charge in [0.1, 0.15) is 15.6 Å². The number of hydrogen-bond acceptors (Lipinski definition) is 4. The fourth-order valence-corrected chi connectivity index (χ4v) is 3.10. The number of hydrogen-bond donors (Lipinski definition) is 1. The van der Waals surface area contributed by atoms with Crippen molar-refractivity contribution in [3.05, 3.63) is 33.2 Å². The van der Waals surface area contributed by atoms with Crippen LogP contribution in [0.5, 0.6) is 5.75 Å². The standard InChI is InChI=1S/C13H12BrNO3S/c1-3-9-11(13(16)17)19-12(15-9)8-6-7(14)4-5-10(8)18-2/h4-6H,3H2,1-2H3,(H,16,17). The van der Waals surface area contributed by atoms with Crippen LogP contribution in [0, 0.1) is 0 Å². The molecule has 0 aliphatic rings. The van der Waals surface area contributed by atoms with Crippen LogP contribution in [0.4, 0.5) is 0 Å². The van der Waals surface area contributed by atoms with Crippen LogP contribution in [0.1, 0.15) is 22.3 Å². The van der Waals surface area contributed by atoms with E-state index >= 15 is 0 Å². The van der Waals surface area contributed by atoms with Crippen LogP contribution < -0.4 is 4.74 Å². The summed E-state index contributed by atoms with van der Waals surface area (Å²) in [7, 11) is 1.58. The number of carbonyl (C=O) groups is 1. The fraction of sp³-hybridized carbons (Fsp3) is 0.231. The summed E-state index contributed by atoms with van der Waals surface area (Å²) in [5.41, 5.74) is 1.40. The lowest BCUT2D eigenvalue weighted by atomic mass is 10.2. The quantitative estimate of drug-likeness (QED) is 0.917. The van der Waals surface area contributed by atoms with E-state index in [0.717, 1.165) is 10.0 Å². The minimum absolute atomic E-state index is 0.291. The van der Waals surface area contributed by atoms with Gasteiger partial charge in [0.2, 0.25) is 0 Å². The maximum absolute atomic E-state index is 11.2. The smallest absolute Gasteiger partial charge is 0.347 e. The molecule has 2 rings (SSSR count). The highest BCUT2D eigenvalue weighted by molar-refractivity contribution is 9.10. The molecule has 100 valence electrons. The van der Waals surface area contributed by atoms with Crippen LogP contribution in [0.3, 0.4) is 0 Å². The Kier molecular flexibility index (Phi) is 4.21. The van der Waals surface area contributed by atoms with Crippen molar-refractivity contribution >= 4 is 33.2 Å². The summed E-state index contributed by atoms with van der Waals surface area (Å²) in [6.45, 7) is 1.89. The maximum Gasteiger partial charge on any atom is 0.347 e. The molecule has 0 unspecified atom stereocenters. The number of methoxy groups -OCH3 is 1. The van der Waals surface area contributed by atoms with Gasteiger partial charge in [0.15, 0.2) is 0 Å². The SMILES string of the molecule is CCc1nc(-c2cc(Br)ccc2OC)sc1C(=O)O. The number of aromatic carboxylic acids is 1. The lowest BCUT2D eigenvalue weighted by Crippen LogP contribution is -1.97. The van der Waals surface area contributed by atoms with Crippen molar-refractivity contribution in [2.45, 2.75) is 13.3 Å². The van der Waals surface area contributed by atoms with Crippen molar-refractivity contribution in [3.8, 4) is 16.3 Å². The Balaban J connectivity index is 2.59.